The number of hydrogen-bond donors (Lipinski definition) is 0. The van der Waals surface area contributed by atoms with E-state index < -0.39 is 0 Å². The number of unbranched alkanes of at least 4 members (excludes halogenated alkanes) is 20. The van der Waals surface area contributed by atoms with E-state index in [0.29, 0.717) is 0 Å². The summed E-state index contributed by atoms with van der Waals surface area (Å²) in [6.45, 7) is 4.59. The molecule has 2 heteroatoms. The molecule has 0 amide bonds. The van der Waals surface area contributed by atoms with Gasteiger partial charge in [-0.3, -0.25) is 4.98 Å². The lowest BCUT2D eigenvalue weighted by atomic mass is 10.0. The highest BCUT2D eigenvalue weighted by Gasteiger charge is 2.07. The second kappa shape index (κ2) is 23.4. The minimum absolute atomic E-state index is 1.13. The summed E-state index contributed by atoms with van der Waals surface area (Å²) in [6, 6.07) is 2.23. The van der Waals surface area contributed by atoms with Gasteiger partial charge in [0.05, 0.1) is 5.69 Å². The van der Waals surface area contributed by atoms with E-state index in [1.807, 2.05) is 6.20 Å². The molecule has 0 saturated heterocycles. The monoisotopic (exact) mass is 521 g/mol. The van der Waals surface area contributed by atoms with E-state index in [2.05, 4.69) is 40.8 Å². The molecule has 0 fully saturated rings. The lowest BCUT2D eigenvalue weighted by Crippen LogP contribution is -1.97. The highest BCUT2D eigenvalue weighted by Crippen LogP contribution is 2.24. The molecule has 192 valence electrons. The van der Waals surface area contributed by atoms with Crippen LogP contribution < -0.4 is 0 Å². The Balaban J connectivity index is 2.03. The molecule has 0 radical (unpaired) electrons. The number of hydrogen-bond acceptors (Lipinski definition) is 1. The Hall–Kier alpha value is -0.370. The lowest BCUT2D eigenvalue weighted by Gasteiger charge is -2.09. The predicted molar refractivity (Wildman–Crippen MR) is 152 cm³/mol. The van der Waals surface area contributed by atoms with E-state index in [0.717, 1.165) is 6.42 Å². The Bertz CT molecular complexity index is 542. The number of aromatic nitrogens is 1. The van der Waals surface area contributed by atoms with Crippen LogP contribution in [0.5, 0.6) is 0 Å². The van der Waals surface area contributed by atoms with Gasteiger partial charge in [-0.2, -0.15) is 0 Å². The van der Waals surface area contributed by atoms with Crippen molar-refractivity contribution in [2.75, 3.05) is 0 Å². The summed E-state index contributed by atoms with van der Waals surface area (Å²) in [5, 5.41) is 0. The van der Waals surface area contributed by atoms with Crippen molar-refractivity contribution in [2.24, 2.45) is 0 Å². The van der Waals surface area contributed by atoms with Crippen LogP contribution in [-0.2, 0) is 12.8 Å². The molecule has 0 atom stereocenters. The first kappa shape index (κ1) is 30.7. The van der Waals surface area contributed by atoms with E-state index in [-0.39, 0.29) is 0 Å². The van der Waals surface area contributed by atoms with Crippen LogP contribution >= 0.6 is 15.9 Å². The zero-order chi connectivity index (χ0) is 23.8. The molecule has 0 aromatic carbocycles. The Kier molecular flexibility index (Phi) is 21.7. The zero-order valence-electron chi connectivity index (χ0n) is 22.5. The van der Waals surface area contributed by atoms with Crippen LogP contribution in [0.1, 0.15) is 166 Å². The quantitative estimate of drug-likeness (QED) is 0.123. The van der Waals surface area contributed by atoms with E-state index in [1.54, 1.807) is 0 Å². The maximum absolute atomic E-state index is 4.68. The summed E-state index contributed by atoms with van der Waals surface area (Å²) in [6.07, 6.45) is 35.3. The van der Waals surface area contributed by atoms with Crippen LogP contribution in [0.2, 0.25) is 0 Å². The maximum atomic E-state index is 4.68. The SMILES string of the molecule is CCCCCCCCCCCCCCc1nccc(CCCCCCCCCCCC)c1Br. The number of pyridine rings is 1. The van der Waals surface area contributed by atoms with Crippen molar-refractivity contribution in [3.8, 4) is 0 Å². The molecule has 1 heterocycles. The molecule has 0 N–H and O–H groups in total. The summed E-state index contributed by atoms with van der Waals surface area (Å²) >= 11 is 3.88. The van der Waals surface area contributed by atoms with Crippen LogP contribution in [0.3, 0.4) is 0 Å². The summed E-state index contributed by atoms with van der Waals surface area (Å²) in [5.74, 6) is 0. The van der Waals surface area contributed by atoms with Gasteiger partial charge in [-0.1, -0.05) is 142 Å². The van der Waals surface area contributed by atoms with Crippen molar-refractivity contribution in [2.45, 2.75) is 168 Å². The standard InChI is InChI=1S/C31H56BrN/c1-3-5-7-9-11-13-15-16-18-20-22-24-26-30-31(32)29(27-28-33-30)25-23-21-19-17-14-12-10-8-6-4-2/h27-28H,3-26H2,1-2H3. The summed E-state index contributed by atoms with van der Waals surface area (Å²) in [7, 11) is 0. The van der Waals surface area contributed by atoms with Gasteiger partial charge in [0.25, 0.3) is 0 Å². The minimum Gasteiger partial charge on any atom is -0.260 e. The molecule has 0 aliphatic rings. The van der Waals surface area contributed by atoms with Gasteiger partial charge in [0.1, 0.15) is 0 Å². The predicted octanol–water partition coefficient (Wildman–Crippen LogP) is 11.6. The highest BCUT2D eigenvalue weighted by atomic mass is 79.9. The second-order valence-electron chi connectivity index (χ2n) is 10.3. The average Bonchev–Trinajstić information content (AvgIpc) is 2.82. The van der Waals surface area contributed by atoms with Crippen molar-refractivity contribution < 1.29 is 0 Å². The first-order valence-electron chi connectivity index (χ1n) is 14.9. The van der Waals surface area contributed by atoms with Crippen LogP contribution in [0, 0.1) is 0 Å². The van der Waals surface area contributed by atoms with Gasteiger partial charge in [0.2, 0.25) is 0 Å². The Morgan fingerprint density at radius 2 is 0.879 bits per heavy atom. The third-order valence-corrected chi connectivity index (χ3v) is 8.08. The molecule has 0 saturated carbocycles. The van der Waals surface area contributed by atoms with Crippen LogP contribution in [-0.4, -0.2) is 4.98 Å². The van der Waals surface area contributed by atoms with E-state index in [9.17, 15) is 0 Å². The summed E-state index contributed by atoms with van der Waals surface area (Å²) in [5.41, 5.74) is 2.75. The maximum Gasteiger partial charge on any atom is 0.0548 e. The first-order chi connectivity index (χ1) is 16.3. The van der Waals surface area contributed by atoms with Gasteiger partial charge >= 0.3 is 0 Å². The highest BCUT2D eigenvalue weighted by molar-refractivity contribution is 9.10. The van der Waals surface area contributed by atoms with Crippen molar-refractivity contribution in [1.82, 2.24) is 4.98 Å². The van der Waals surface area contributed by atoms with Gasteiger partial charge in [-0.25, -0.2) is 0 Å². The molecular formula is C31H56BrN. The molecule has 0 aliphatic carbocycles. The van der Waals surface area contributed by atoms with Crippen LogP contribution in [0.25, 0.3) is 0 Å². The van der Waals surface area contributed by atoms with Crippen LogP contribution in [0.15, 0.2) is 16.7 Å². The summed E-state index contributed by atoms with van der Waals surface area (Å²) in [4.78, 5) is 4.68. The molecule has 1 aromatic rings. The fraction of sp³-hybridized carbons (Fsp3) is 0.839. The Labute approximate surface area is 216 Å². The molecule has 1 nitrogen and oxygen atoms in total. The fourth-order valence-electron chi connectivity index (χ4n) is 4.84. The lowest BCUT2D eigenvalue weighted by molar-refractivity contribution is 0.543. The van der Waals surface area contributed by atoms with Crippen molar-refractivity contribution in [1.29, 1.82) is 0 Å². The molecule has 1 aromatic heterocycles. The second-order valence-corrected chi connectivity index (χ2v) is 11.1. The largest absolute Gasteiger partial charge is 0.260 e. The van der Waals surface area contributed by atoms with Crippen molar-refractivity contribution in [3.63, 3.8) is 0 Å². The van der Waals surface area contributed by atoms with E-state index >= 15 is 0 Å². The molecule has 1 rings (SSSR count). The van der Waals surface area contributed by atoms with E-state index in [4.69, 9.17) is 0 Å². The number of nitrogens with zero attached hydrogens (tertiary/aromatic N) is 1. The summed E-state index contributed by atoms with van der Waals surface area (Å²) < 4.78 is 1.30. The molecule has 0 aliphatic heterocycles. The molecule has 0 spiro atoms. The van der Waals surface area contributed by atoms with Gasteiger partial charge in [-0.15, -0.1) is 0 Å². The van der Waals surface area contributed by atoms with E-state index in [1.165, 1.54) is 163 Å². The van der Waals surface area contributed by atoms with Gasteiger partial charge in [0, 0.05) is 10.7 Å². The smallest absolute Gasteiger partial charge is 0.0548 e. The minimum atomic E-state index is 1.13. The number of aryl methyl sites for hydroxylation is 2. The van der Waals surface area contributed by atoms with Gasteiger partial charge < -0.3 is 0 Å². The Morgan fingerprint density at radius 1 is 0.515 bits per heavy atom. The first-order valence-corrected chi connectivity index (χ1v) is 15.7. The van der Waals surface area contributed by atoms with Crippen molar-refractivity contribution in [3.05, 3.63) is 28.0 Å². The Morgan fingerprint density at radius 3 is 1.30 bits per heavy atom. The molecule has 33 heavy (non-hydrogen) atoms. The molecular weight excluding hydrogens is 466 g/mol. The zero-order valence-corrected chi connectivity index (χ0v) is 24.0. The number of halogens is 1. The van der Waals surface area contributed by atoms with Gasteiger partial charge in [0.15, 0.2) is 0 Å². The van der Waals surface area contributed by atoms with Gasteiger partial charge in [-0.05, 0) is 53.2 Å². The normalized spacial score (nSPS) is 11.4. The third kappa shape index (κ3) is 17.7. The molecule has 0 bridgehead atoms. The topological polar surface area (TPSA) is 12.9 Å². The fourth-order valence-corrected chi connectivity index (χ4v) is 5.47. The molecule has 0 unspecified atom stereocenters. The third-order valence-electron chi connectivity index (χ3n) is 7.11. The van der Waals surface area contributed by atoms with Crippen molar-refractivity contribution >= 4 is 15.9 Å². The number of rotatable bonds is 24. The van der Waals surface area contributed by atoms with Crippen LogP contribution in [0.4, 0.5) is 0 Å². The average molecular weight is 523 g/mol.